The van der Waals surface area contributed by atoms with Gasteiger partial charge in [-0.2, -0.15) is 0 Å². The highest BCUT2D eigenvalue weighted by molar-refractivity contribution is 7.90. The summed E-state index contributed by atoms with van der Waals surface area (Å²) in [5, 5.41) is 3.29. The number of sulfone groups is 1. The lowest BCUT2D eigenvalue weighted by molar-refractivity contribution is 0.282. The quantitative estimate of drug-likeness (QED) is 0.817. The van der Waals surface area contributed by atoms with Gasteiger partial charge in [0.1, 0.15) is 0 Å². The molecule has 0 aromatic heterocycles. The van der Waals surface area contributed by atoms with Crippen molar-refractivity contribution in [1.82, 2.24) is 0 Å². The summed E-state index contributed by atoms with van der Waals surface area (Å²) in [6.45, 7) is 2.45. The molecule has 6 heteroatoms. The van der Waals surface area contributed by atoms with Gasteiger partial charge in [-0.3, -0.25) is 0 Å². The van der Waals surface area contributed by atoms with Crippen molar-refractivity contribution in [3.05, 3.63) is 47.5 Å². The summed E-state index contributed by atoms with van der Waals surface area (Å²) in [7, 11) is -1.60. The van der Waals surface area contributed by atoms with E-state index < -0.39 is 9.84 Å². The number of hydrogen-bond acceptors (Lipinski definition) is 5. The highest BCUT2D eigenvalue weighted by Crippen LogP contribution is 2.34. The maximum atomic E-state index is 11.8. The molecule has 0 saturated heterocycles. The van der Waals surface area contributed by atoms with Crippen molar-refractivity contribution < 1.29 is 17.9 Å². The number of benzene rings is 2. The molecule has 134 valence electrons. The van der Waals surface area contributed by atoms with Crippen molar-refractivity contribution in [2.24, 2.45) is 0 Å². The van der Waals surface area contributed by atoms with E-state index in [2.05, 4.69) is 5.32 Å². The van der Waals surface area contributed by atoms with Gasteiger partial charge in [-0.15, -0.1) is 0 Å². The summed E-state index contributed by atoms with van der Waals surface area (Å²) in [5.74, 6) is 1.48. The maximum Gasteiger partial charge on any atom is 0.175 e. The Hall–Kier alpha value is -2.21. The van der Waals surface area contributed by atoms with E-state index >= 15 is 0 Å². The average Bonchev–Trinajstić information content (AvgIpc) is 3.36. The molecule has 1 aliphatic rings. The summed E-state index contributed by atoms with van der Waals surface area (Å²) in [4.78, 5) is 0.322. The van der Waals surface area contributed by atoms with Crippen LogP contribution in [0.5, 0.6) is 11.5 Å². The molecule has 25 heavy (non-hydrogen) atoms. The Labute approximate surface area is 148 Å². The first-order chi connectivity index (χ1) is 11.8. The standard InChI is InChI=1S/C19H23NO4S/c1-13-8-15(11-17(9-13)25(3,21)22)20-12-14-4-7-18(23-2)19(10-14)24-16-5-6-16/h4,7-11,16,20H,5-6,12H2,1-3H3. The van der Waals surface area contributed by atoms with Crippen molar-refractivity contribution in [2.75, 3.05) is 18.7 Å². The van der Waals surface area contributed by atoms with Gasteiger partial charge >= 0.3 is 0 Å². The molecule has 2 aromatic carbocycles. The van der Waals surface area contributed by atoms with Crippen LogP contribution in [0.2, 0.25) is 0 Å². The molecule has 0 heterocycles. The molecule has 1 aliphatic carbocycles. The molecule has 0 unspecified atom stereocenters. The van der Waals surface area contributed by atoms with E-state index in [1.165, 1.54) is 6.26 Å². The van der Waals surface area contributed by atoms with Crippen LogP contribution < -0.4 is 14.8 Å². The first kappa shape index (κ1) is 17.6. The molecule has 0 bridgehead atoms. The van der Waals surface area contributed by atoms with Crippen LogP contribution in [0.15, 0.2) is 41.3 Å². The fourth-order valence-electron chi connectivity index (χ4n) is 2.56. The van der Waals surface area contributed by atoms with Crippen molar-refractivity contribution in [1.29, 1.82) is 0 Å². The van der Waals surface area contributed by atoms with Crippen molar-refractivity contribution in [3.63, 3.8) is 0 Å². The second kappa shape index (κ2) is 6.96. The average molecular weight is 361 g/mol. The third-order valence-corrected chi connectivity index (χ3v) is 5.11. The Morgan fingerprint density at radius 2 is 1.88 bits per heavy atom. The number of anilines is 1. The molecule has 0 atom stereocenters. The van der Waals surface area contributed by atoms with E-state index in [-0.39, 0.29) is 0 Å². The van der Waals surface area contributed by atoms with Gasteiger partial charge in [0, 0.05) is 18.5 Å². The molecule has 0 aliphatic heterocycles. The third kappa shape index (κ3) is 4.66. The molecule has 1 N–H and O–H groups in total. The number of nitrogens with one attached hydrogen (secondary N) is 1. The first-order valence-corrected chi connectivity index (χ1v) is 10.1. The maximum absolute atomic E-state index is 11.8. The highest BCUT2D eigenvalue weighted by Gasteiger charge is 2.25. The van der Waals surface area contributed by atoms with Crippen LogP contribution in [-0.2, 0) is 16.4 Å². The van der Waals surface area contributed by atoms with E-state index in [0.717, 1.165) is 41.2 Å². The number of hydrogen-bond donors (Lipinski definition) is 1. The minimum absolute atomic E-state index is 0.297. The summed E-state index contributed by atoms with van der Waals surface area (Å²) < 4.78 is 34.8. The Morgan fingerprint density at radius 1 is 1.12 bits per heavy atom. The van der Waals surface area contributed by atoms with Crippen LogP contribution in [0.1, 0.15) is 24.0 Å². The second-order valence-electron chi connectivity index (χ2n) is 6.46. The minimum atomic E-state index is -3.23. The Bertz CT molecular complexity index is 873. The van der Waals surface area contributed by atoms with Gasteiger partial charge in [-0.1, -0.05) is 6.07 Å². The lowest BCUT2D eigenvalue weighted by Crippen LogP contribution is -2.04. The van der Waals surface area contributed by atoms with Crippen molar-refractivity contribution in [2.45, 2.75) is 37.3 Å². The molecule has 1 fully saturated rings. The molecule has 1 saturated carbocycles. The summed E-state index contributed by atoms with van der Waals surface area (Å²) >= 11 is 0. The van der Waals surface area contributed by atoms with Gasteiger partial charge in [0.25, 0.3) is 0 Å². The zero-order valence-electron chi connectivity index (χ0n) is 14.7. The number of methoxy groups -OCH3 is 1. The fourth-order valence-corrected chi connectivity index (χ4v) is 3.30. The molecule has 5 nitrogen and oxygen atoms in total. The minimum Gasteiger partial charge on any atom is -0.493 e. The first-order valence-electron chi connectivity index (χ1n) is 8.24. The normalized spacial score (nSPS) is 14.2. The SMILES string of the molecule is COc1ccc(CNc2cc(C)cc(S(C)(=O)=O)c2)cc1OC1CC1. The third-order valence-electron chi connectivity index (χ3n) is 4.02. The van der Waals surface area contributed by atoms with Crippen LogP contribution in [0.25, 0.3) is 0 Å². The van der Waals surface area contributed by atoms with Gasteiger partial charge in [0.2, 0.25) is 0 Å². The molecule has 0 radical (unpaired) electrons. The van der Waals surface area contributed by atoms with E-state index in [1.54, 1.807) is 19.2 Å². The van der Waals surface area contributed by atoms with Gasteiger partial charge < -0.3 is 14.8 Å². The number of ether oxygens (including phenoxy) is 2. The van der Waals surface area contributed by atoms with Crippen LogP contribution in [0.4, 0.5) is 5.69 Å². The Balaban J connectivity index is 1.76. The molecule has 3 rings (SSSR count). The van der Waals surface area contributed by atoms with Gasteiger partial charge in [0.05, 0.1) is 18.1 Å². The van der Waals surface area contributed by atoms with E-state index in [1.807, 2.05) is 31.2 Å². The van der Waals surface area contributed by atoms with E-state index in [4.69, 9.17) is 9.47 Å². The summed E-state index contributed by atoms with van der Waals surface area (Å²) in [6.07, 6.45) is 3.69. The van der Waals surface area contributed by atoms with Crippen LogP contribution in [0, 0.1) is 6.92 Å². The van der Waals surface area contributed by atoms with Crippen LogP contribution in [-0.4, -0.2) is 27.9 Å². The van der Waals surface area contributed by atoms with Gasteiger partial charge in [0.15, 0.2) is 21.3 Å². The molecular weight excluding hydrogens is 338 g/mol. The zero-order chi connectivity index (χ0) is 18.0. The lowest BCUT2D eigenvalue weighted by atomic mass is 10.1. The molecule has 0 spiro atoms. The molecule has 2 aromatic rings. The van der Waals surface area contributed by atoms with Crippen molar-refractivity contribution in [3.8, 4) is 11.5 Å². The topological polar surface area (TPSA) is 64.6 Å². The predicted octanol–water partition coefficient (Wildman–Crippen LogP) is 3.56. The summed E-state index contributed by atoms with van der Waals surface area (Å²) in [6, 6.07) is 11.1. The Kier molecular flexibility index (Phi) is 4.90. The van der Waals surface area contributed by atoms with E-state index in [9.17, 15) is 8.42 Å². The smallest absolute Gasteiger partial charge is 0.175 e. The van der Waals surface area contributed by atoms with Gasteiger partial charge in [-0.25, -0.2) is 8.42 Å². The Morgan fingerprint density at radius 3 is 2.52 bits per heavy atom. The molecule has 0 amide bonds. The highest BCUT2D eigenvalue weighted by atomic mass is 32.2. The predicted molar refractivity (Wildman–Crippen MR) is 98.3 cm³/mol. The molecular formula is C19H23NO4S. The number of rotatable bonds is 7. The zero-order valence-corrected chi connectivity index (χ0v) is 15.5. The largest absolute Gasteiger partial charge is 0.493 e. The summed E-state index contributed by atoms with van der Waals surface area (Å²) in [5.41, 5.74) is 2.72. The number of aryl methyl sites for hydroxylation is 1. The monoisotopic (exact) mass is 361 g/mol. The van der Waals surface area contributed by atoms with E-state index in [0.29, 0.717) is 17.5 Å². The lowest BCUT2D eigenvalue weighted by Gasteiger charge is -2.13. The van der Waals surface area contributed by atoms with Gasteiger partial charge in [-0.05, 0) is 61.2 Å². The van der Waals surface area contributed by atoms with Crippen LogP contribution >= 0.6 is 0 Å². The second-order valence-corrected chi connectivity index (χ2v) is 8.48. The fraction of sp³-hybridized carbons (Fsp3) is 0.368. The van der Waals surface area contributed by atoms with Crippen LogP contribution in [0.3, 0.4) is 0 Å². The van der Waals surface area contributed by atoms with Crippen molar-refractivity contribution >= 4 is 15.5 Å².